The van der Waals surface area contributed by atoms with Crippen LogP contribution in [0.3, 0.4) is 0 Å². The minimum Gasteiger partial charge on any atom is -0.314 e. The second kappa shape index (κ2) is 12.0. The zero-order valence-corrected chi connectivity index (χ0v) is 29.6. The molecule has 0 radical (unpaired) electrons. The summed E-state index contributed by atoms with van der Waals surface area (Å²) >= 11 is 0. The third kappa shape index (κ3) is 4.63. The molecule has 0 saturated carbocycles. The van der Waals surface area contributed by atoms with Crippen LogP contribution in [0.2, 0.25) is 0 Å². The van der Waals surface area contributed by atoms with Crippen molar-refractivity contribution in [2.24, 2.45) is 5.92 Å². The average Bonchev–Trinajstić information content (AvgIpc) is 3.73. The van der Waals surface area contributed by atoms with Crippen molar-refractivity contribution in [3.63, 3.8) is 0 Å². The van der Waals surface area contributed by atoms with Gasteiger partial charge in [0.05, 0.1) is 11.0 Å². The normalized spacial score (nSPS) is 19.4. The Bertz CT molecular complexity index is 2670. The van der Waals surface area contributed by atoms with Crippen LogP contribution in [0.4, 0.5) is 0 Å². The van der Waals surface area contributed by atoms with Crippen LogP contribution in [0.1, 0.15) is 66.1 Å². The van der Waals surface area contributed by atoms with Gasteiger partial charge in [0.15, 0.2) is 0 Å². The van der Waals surface area contributed by atoms with E-state index in [-0.39, 0.29) is 0 Å². The lowest BCUT2D eigenvalue weighted by Crippen LogP contribution is -2.13. The van der Waals surface area contributed by atoms with E-state index in [1.165, 1.54) is 109 Å². The predicted molar refractivity (Wildman–Crippen MR) is 219 cm³/mol. The lowest BCUT2D eigenvalue weighted by Gasteiger charge is -2.26. The summed E-state index contributed by atoms with van der Waals surface area (Å²) in [7, 11) is 0. The second-order valence-electron chi connectivity index (χ2n) is 15.4. The molecule has 252 valence electrons. The van der Waals surface area contributed by atoms with Crippen LogP contribution in [0.25, 0.3) is 61.2 Å². The van der Waals surface area contributed by atoms with Gasteiger partial charge in [-0.25, -0.2) is 0 Å². The van der Waals surface area contributed by atoms with Gasteiger partial charge in [0.2, 0.25) is 0 Å². The Balaban J connectivity index is 1.13. The zero-order valence-electron chi connectivity index (χ0n) is 29.6. The highest BCUT2D eigenvalue weighted by molar-refractivity contribution is 6.14. The molecule has 5 aromatic carbocycles. The predicted octanol–water partition coefficient (Wildman–Crippen LogP) is 12.8. The van der Waals surface area contributed by atoms with Gasteiger partial charge in [-0.3, -0.25) is 0 Å². The number of nitrogens with zero attached hydrogens (tertiary/aromatic N) is 2. The lowest BCUT2D eigenvalue weighted by molar-refractivity contribution is 0.565. The fraction of sp³-hybridized carbons (Fsp3) is 0.200. The summed E-state index contributed by atoms with van der Waals surface area (Å²) < 4.78 is 5.26. The molecule has 0 N–H and O–H groups in total. The summed E-state index contributed by atoms with van der Waals surface area (Å²) in [5.74, 6) is 1.02. The number of aryl methyl sites for hydroxylation is 1. The molecule has 0 spiro atoms. The van der Waals surface area contributed by atoms with Gasteiger partial charge in [0, 0.05) is 45.0 Å². The third-order valence-corrected chi connectivity index (χ3v) is 12.5. The van der Waals surface area contributed by atoms with E-state index in [0.29, 0.717) is 11.8 Å². The molecule has 11 rings (SSSR count). The summed E-state index contributed by atoms with van der Waals surface area (Å²) in [5, 5.41) is 5.50. The van der Waals surface area contributed by atoms with Crippen LogP contribution in [-0.2, 0) is 19.3 Å². The van der Waals surface area contributed by atoms with Crippen LogP contribution < -0.4 is 0 Å². The third-order valence-electron chi connectivity index (χ3n) is 12.5. The Hall–Kier alpha value is -5.60. The molecule has 52 heavy (non-hydrogen) atoms. The molecule has 2 atom stereocenters. The smallest absolute Gasteiger partial charge is 0.0545 e. The lowest BCUT2D eigenvalue weighted by atomic mass is 9.83. The highest BCUT2D eigenvalue weighted by atomic mass is 15.0. The molecule has 2 aromatic heterocycles. The topological polar surface area (TPSA) is 9.86 Å². The fourth-order valence-electron chi connectivity index (χ4n) is 10.0. The molecule has 0 fully saturated rings. The van der Waals surface area contributed by atoms with E-state index in [9.17, 15) is 0 Å². The van der Waals surface area contributed by atoms with Gasteiger partial charge in [0.25, 0.3) is 0 Å². The number of benzene rings is 5. The van der Waals surface area contributed by atoms with E-state index in [1.807, 2.05) is 0 Å². The van der Waals surface area contributed by atoms with E-state index in [2.05, 4.69) is 155 Å². The van der Waals surface area contributed by atoms with Gasteiger partial charge in [-0.15, -0.1) is 0 Å². The molecule has 4 aliphatic rings. The minimum atomic E-state index is 0.344. The fourth-order valence-corrected chi connectivity index (χ4v) is 10.0. The van der Waals surface area contributed by atoms with Gasteiger partial charge in [-0.05, 0) is 126 Å². The van der Waals surface area contributed by atoms with Crippen molar-refractivity contribution >= 4 is 44.4 Å². The van der Waals surface area contributed by atoms with Crippen LogP contribution in [-0.4, -0.2) is 9.13 Å². The Morgan fingerprint density at radius 2 is 1.46 bits per heavy atom. The van der Waals surface area contributed by atoms with E-state index in [1.54, 1.807) is 5.56 Å². The highest BCUT2D eigenvalue weighted by Gasteiger charge is 2.30. The summed E-state index contributed by atoms with van der Waals surface area (Å²) in [6.45, 7) is 0. The molecule has 0 amide bonds. The number of rotatable bonds is 4. The van der Waals surface area contributed by atoms with E-state index in [4.69, 9.17) is 0 Å². The van der Waals surface area contributed by atoms with E-state index >= 15 is 0 Å². The molecule has 0 aliphatic heterocycles. The maximum absolute atomic E-state index is 2.66. The van der Waals surface area contributed by atoms with Crippen molar-refractivity contribution in [1.82, 2.24) is 9.13 Å². The number of aromatic nitrogens is 2. The van der Waals surface area contributed by atoms with Crippen molar-refractivity contribution in [3.8, 4) is 16.8 Å². The molecule has 0 saturated heterocycles. The van der Waals surface area contributed by atoms with Gasteiger partial charge in [-0.1, -0.05) is 115 Å². The van der Waals surface area contributed by atoms with E-state index in [0.717, 1.165) is 25.7 Å². The SMILES string of the molecule is C1=CC2=CC(n3c4c(c5c6c7c(n(-c8ccc(-c9cccc%10ccccc9%10)cc8)c6ccc53)CC(c3ccccc3)C=C7)CCCC4)=CCC2CC1. The van der Waals surface area contributed by atoms with Gasteiger partial charge < -0.3 is 9.13 Å². The van der Waals surface area contributed by atoms with Crippen molar-refractivity contribution in [2.75, 3.05) is 0 Å². The molecule has 2 heterocycles. The first-order valence-electron chi connectivity index (χ1n) is 19.4. The quantitative estimate of drug-likeness (QED) is 0.176. The maximum atomic E-state index is 2.66. The zero-order chi connectivity index (χ0) is 34.2. The number of hydrogen-bond acceptors (Lipinski definition) is 0. The van der Waals surface area contributed by atoms with E-state index < -0.39 is 0 Å². The van der Waals surface area contributed by atoms with Crippen molar-refractivity contribution in [2.45, 2.75) is 57.3 Å². The first-order valence-corrected chi connectivity index (χ1v) is 19.4. The van der Waals surface area contributed by atoms with Crippen molar-refractivity contribution in [3.05, 3.63) is 173 Å². The Morgan fingerprint density at radius 1 is 0.654 bits per heavy atom. The molecular weight excluding hydrogens is 629 g/mol. The standard InChI is InChI=1S/C50H42N2/c1-2-11-33(12-3-1)38-24-28-44-48(32-38)51(39-25-22-36(23-26-39)42-19-10-16-35-14-6-7-17-41(35)42)46-29-30-47-49(50(44)46)43-18-8-9-20-45(43)52(47)40-27-21-34-13-4-5-15-37(34)31-40/h1-3,5-7,10-12,14-17,19,22-31,34,38H,4,8-9,13,18,20-21,32H2. The maximum Gasteiger partial charge on any atom is 0.0545 e. The summed E-state index contributed by atoms with van der Waals surface area (Å²) in [6, 6.07) is 40.7. The van der Waals surface area contributed by atoms with Crippen LogP contribution >= 0.6 is 0 Å². The molecule has 2 unspecified atom stereocenters. The largest absolute Gasteiger partial charge is 0.314 e. The van der Waals surface area contributed by atoms with Gasteiger partial charge in [-0.2, -0.15) is 0 Å². The summed E-state index contributed by atoms with van der Waals surface area (Å²) in [6.07, 6.45) is 24.2. The second-order valence-corrected chi connectivity index (χ2v) is 15.4. The molecule has 2 heteroatoms. The molecule has 4 aliphatic carbocycles. The Morgan fingerprint density at radius 3 is 2.37 bits per heavy atom. The molecule has 2 nitrogen and oxygen atoms in total. The monoisotopic (exact) mass is 670 g/mol. The Labute approximate surface area is 305 Å². The Kier molecular flexibility index (Phi) is 6.93. The number of allylic oxidation sites excluding steroid dienone is 7. The van der Waals surface area contributed by atoms with Gasteiger partial charge in [0.1, 0.15) is 0 Å². The van der Waals surface area contributed by atoms with Crippen LogP contribution in [0, 0.1) is 5.92 Å². The molecule has 0 bridgehead atoms. The van der Waals surface area contributed by atoms with Crippen LogP contribution in [0.15, 0.2) is 145 Å². The number of fused-ring (bicyclic) bond motifs is 9. The van der Waals surface area contributed by atoms with Crippen LogP contribution in [0.5, 0.6) is 0 Å². The first kappa shape index (κ1) is 30.1. The first-order chi connectivity index (χ1) is 25.8. The molecular formula is C50H42N2. The molecule has 7 aromatic rings. The van der Waals surface area contributed by atoms with Gasteiger partial charge >= 0.3 is 0 Å². The van der Waals surface area contributed by atoms with Crippen molar-refractivity contribution in [1.29, 1.82) is 0 Å². The number of hydrogen-bond donors (Lipinski definition) is 0. The summed E-state index contributed by atoms with van der Waals surface area (Å²) in [5.41, 5.74) is 16.7. The highest BCUT2D eigenvalue weighted by Crippen LogP contribution is 2.46. The average molecular weight is 671 g/mol. The minimum absolute atomic E-state index is 0.344. The summed E-state index contributed by atoms with van der Waals surface area (Å²) in [4.78, 5) is 0. The van der Waals surface area contributed by atoms with Crippen molar-refractivity contribution < 1.29 is 0 Å².